The number of carbonyl (C=O) groups is 3. The topological polar surface area (TPSA) is 127 Å². The third-order valence-corrected chi connectivity index (χ3v) is 7.98. The van der Waals surface area contributed by atoms with Crippen molar-refractivity contribution in [3.05, 3.63) is 48.5 Å². The Hall–Kier alpha value is -3.53. The second-order valence-corrected chi connectivity index (χ2v) is 10.4. The number of pyridine rings is 1. The van der Waals surface area contributed by atoms with E-state index in [0.717, 1.165) is 32.1 Å². The van der Waals surface area contributed by atoms with Gasteiger partial charge in [0.25, 0.3) is 0 Å². The van der Waals surface area contributed by atoms with Gasteiger partial charge < -0.3 is 19.9 Å². The zero-order chi connectivity index (χ0) is 25.1. The number of hydrogen-bond acceptors (Lipinski definition) is 7. The smallest absolute Gasteiger partial charge is 0.246 e. The summed E-state index contributed by atoms with van der Waals surface area (Å²) in [5.41, 5.74) is -1.83. The van der Waals surface area contributed by atoms with Crippen molar-refractivity contribution in [3.63, 3.8) is 0 Å². The first-order valence-corrected chi connectivity index (χ1v) is 12.5. The monoisotopic (exact) mass is 491 g/mol. The molecule has 2 bridgehead atoms. The standard InChI is InChI=1S/C26H29N5O5/c1-15-13-18(30-35-15)29-22(32)19-20-24(34)31(17-9-6-12-27-14-17)21(26(20)11-10-25(19,2)36-26)23(33)28-16-7-4-3-5-8-16/h6,9-14,16,19-21H,3-5,7-8H2,1-2H3,(H,28,33)(H,29,30,32)/t19-,20+,21+,25+,26+/m0/s1. The highest BCUT2D eigenvalue weighted by atomic mass is 16.5. The van der Waals surface area contributed by atoms with Crippen LogP contribution >= 0.6 is 0 Å². The Kier molecular flexibility index (Phi) is 5.26. The number of fused-ring (bicyclic) bond motifs is 1. The van der Waals surface area contributed by atoms with Crippen LogP contribution in [0.3, 0.4) is 0 Å². The first kappa shape index (κ1) is 22.9. The Balaban J connectivity index is 1.39. The quantitative estimate of drug-likeness (QED) is 0.616. The van der Waals surface area contributed by atoms with Crippen LogP contribution in [0.4, 0.5) is 11.5 Å². The number of nitrogens with zero attached hydrogens (tertiary/aromatic N) is 3. The van der Waals surface area contributed by atoms with E-state index in [2.05, 4.69) is 20.8 Å². The molecule has 2 N–H and O–H groups in total. The highest BCUT2D eigenvalue weighted by Gasteiger charge is 2.76. The number of ether oxygens (including phenoxy) is 1. The molecule has 5 heterocycles. The summed E-state index contributed by atoms with van der Waals surface area (Å²) < 4.78 is 11.6. The minimum atomic E-state index is -1.28. The maximum Gasteiger partial charge on any atom is 0.246 e. The number of nitrogens with one attached hydrogen (secondary N) is 2. The molecule has 188 valence electrons. The lowest BCUT2D eigenvalue weighted by Crippen LogP contribution is -2.56. The SMILES string of the molecule is Cc1cc(NC(=O)[C@@H]2[C@@H]3C(=O)N(c4cccnc4)[C@H](C(=O)NC4CCCCC4)[C@@]34C=C[C@@]2(C)O4)no1. The summed E-state index contributed by atoms with van der Waals surface area (Å²) in [5.74, 6) is -1.95. The van der Waals surface area contributed by atoms with Crippen LogP contribution in [0.5, 0.6) is 0 Å². The van der Waals surface area contributed by atoms with Crippen molar-refractivity contribution in [2.75, 3.05) is 10.2 Å². The summed E-state index contributed by atoms with van der Waals surface area (Å²) >= 11 is 0. The van der Waals surface area contributed by atoms with Gasteiger partial charge in [0.1, 0.15) is 17.4 Å². The molecule has 1 spiro atoms. The fourth-order valence-electron chi connectivity index (χ4n) is 6.46. The zero-order valence-electron chi connectivity index (χ0n) is 20.3. The highest BCUT2D eigenvalue weighted by Crippen LogP contribution is 2.60. The van der Waals surface area contributed by atoms with Crippen molar-refractivity contribution in [1.82, 2.24) is 15.5 Å². The first-order chi connectivity index (χ1) is 17.3. The number of aromatic nitrogens is 2. The molecule has 3 aliphatic heterocycles. The van der Waals surface area contributed by atoms with Crippen molar-refractivity contribution >= 4 is 29.2 Å². The number of aryl methyl sites for hydroxylation is 1. The normalized spacial score (nSPS) is 33.1. The lowest BCUT2D eigenvalue weighted by Gasteiger charge is -2.34. The molecule has 0 aromatic carbocycles. The molecule has 10 nitrogen and oxygen atoms in total. The van der Waals surface area contributed by atoms with Gasteiger partial charge in [0.05, 0.1) is 29.3 Å². The zero-order valence-corrected chi connectivity index (χ0v) is 20.3. The Morgan fingerprint density at radius 3 is 2.67 bits per heavy atom. The Bertz CT molecular complexity index is 1240. The van der Waals surface area contributed by atoms with E-state index in [0.29, 0.717) is 11.4 Å². The molecular weight excluding hydrogens is 462 g/mol. The van der Waals surface area contributed by atoms with Gasteiger partial charge in [-0.05, 0) is 38.8 Å². The molecule has 0 unspecified atom stereocenters. The third kappa shape index (κ3) is 3.38. The molecule has 5 atom stereocenters. The molecule has 2 aromatic rings. The molecule has 3 amide bonds. The van der Waals surface area contributed by atoms with Crippen LogP contribution in [0.25, 0.3) is 0 Å². The first-order valence-electron chi connectivity index (χ1n) is 12.5. The highest BCUT2D eigenvalue weighted by molar-refractivity contribution is 6.11. The number of amides is 3. The largest absolute Gasteiger partial charge is 0.360 e. The average Bonchev–Trinajstić information content (AvgIpc) is 3.57. The number of hydrogen-bond donors (Lipinski definition) is 2. The molecule has 2 aromatic heterocycles. The fraction of sp³-hybridized carbons (Fsp3) is 0.500. The summed E-state index contributed by atoms with van der Waals surface area (Å²) in [4.78, 5) is 47.1. The van der Waals surface area contributed by atoms with Gasteiger partial charge in [-0.2, -0.15) is 0 Å². The number of rotatable bonds is 5. The van der Waals surface area contributed by atoms with E-state index in [-0.39, 0.29) is 23.7 Å². The molecule has 4 aliphatic rings. The molecule has 1 saturated carbocycles. The Morgan fingerprint density at radius 2 is 1.97 bits per heavy atom. The van der Waals surface area contributed by atoms with E-state index >= 15 is 0 Å². The summed E-state index contributed by atoms with van der Waals surface area (Å²) in [6.45, 7) is 3.51. The Morgan fingerprint density at radius 1 is 1.17 bits per heavy atom. The van der Waals surface area contributed by atoms with Gasteiger partial charge in [-0.25, -0.2) is 0 Å². The van der Waals surface area contributed by atoms with E-state index in [1.165, 1.54) is 4.90 Å². The molecule has 10 heteroatoms. The number of carbonyl (C=O) groups excluding carboxylic acids is 3. The third-order valence-electron chi connectivity index (χ3n) is 7.98. The molecule has 0 radical (unpaired) electrons. The summed E-state index contributed by atoms with van der Waals surface area (Å²) in [6.07, 6.45) is 11.9. The molecule has 36 heavy (non-hydrogen) atoms. The van der Waals surface area contributed by atoms with E-state index in [1.54, 1.807) is 50.5 Å². The minimum absolute atomic E-state index is 0.0558. The van der Waals surface area contributed by atoms with Crippen molar-refractivity contribution < 1.29 is 23.6 Å². The predicted octanol–water partition coefficient (Wildman–Crippen LogP) is 2.51. The van der Waals surface area contributed by atoms with Gasteiger partial charge in [0, 0.05) is 18.3 Å². The van der Waals surface area contributed by atoms with E-state index in [1.807, 2.05) is 6.08 Å². The molecule has 2 saturated heterocycles. The van der Waals surface area contributed by atoms with Crippen LogP contribution in [-0.2, 0) is 19.1 Å². The van der Waals surface area contributed by atoms with Gasteiger partial charge in [-0.15, -0.1) is 0 Å². The van der Waals surface area contributed by atoms with Gasteiger partial charge in [0.15, 0.2) is 5.82 Å². The average molecular weight is 492 g/mol. The summed E-state index contributed by atoms with van der Waals surface area (Å²) in [6, 6.07) is 4.16. The lowest BCUT2D eigenvalue weighted by atomic mass is 9.70. The van der Waals surface area contributed by atoms with Gasteiger partial charge in [-0.3, -0.25) is 24.3 Å². The minimum Gasteiger partial charge on any atom is -0.360 e. The maximum absolute atomic E-state index is 14.1. The van der Waals surface area contributed by atoms with Crippen molar-refractivity contribution in [3.8, 4) is 0 Å². The maximum atomic E-state index is 14.1. The van der Waals surface area contributed by atoms with Gasteiger partial charge in [0.2, 0.25) is 17.7 Å². The van der Waals surface area contributed by atoms with Gasteiger partial charge >= 0.3 is 0 Å². The van der Waals surface area contributed by atoms with Crippen LogP contribution < -0.4 is 15.5 Å². The molecule has 1 aliphatic carbocycles. The van der Waals surface area contributed by atoms with Crippen LogP contribution in [0.2, 0.25) is 0 Å². The molecule has 3 fully saturated rings. The Labute approximate surface area is 208 Å². The van der Waals surface area contributed by atoms with E-state index in [4.69, 9.17) is 9.26 Å². The second kappa shape index (κ2) is 8.26. The molecular formula is C26H29N5O5. The van der Waals surface area contributed by atoms with Crippen molar-refractivity contribution in [2.45, 2.75) is 69.2 Å². The lowest BCUT2D eigenvalue weighted by molar-refractivity contribution is -0.131. The van der Waals surface area contributed by atoms with Crippen molar-refractivity contribution in [1.29, 1.82) is 0 Å². The van der Waals surface area contributed by atoms with Crippen LogP contribution in [0.1, 0.15) is 44.8 Å². The van der Waals surface area contributed by atoms with Crippen LogP contribution in [-0.4, -0.2) is 51.1 Å². The van der Waals surface area contributed by atoms with Gasteiger partial charge in [-0.1, -0.05) is 36.6 Å². The second-order valence-electron chi connectivity index (χ2n) is 10.4. The molecule has 6 rings (SSSR count). The summed E-state index contributed by atoms with van der Waals surface area (Å²) in [5, 5.41) is 9.80. The summed E-state index contributed by atoms with van der Waals surface area (Å²) in [7, 11) is 0. The van der Waals surface area contributed by atoms with Crippen LogP contribution in [0, 0.1) is 18.8 Å². The van der Waals surface area contributed by atoms with Crippen LogP contribution in [0.15, 0.2) is 47.3 Å². The fourth-order valence-corrected chi connectivity index (χ4v) is 6.46. The van der Waals surface area contributed by atoms with Crippen molar-refractivity contribution in [2.24, 2.45) is 11.8 Å². The predicted molar refractivity (Wildman–Crippen MR) is 129 cm³/mol. The van der Waals surface area contributed by atoms with E-state index in [9.17, 15) is 14.4 Å². The van der Waals surface area contributed by atoms with E-state index < -0.39 is 35.0 Å². The number of anilines is 2.